The number of hydrogen-bond donors (Lipinski definition) is 1. The van der Waals surface area contributed by atoms with Crippen molar-refractivity contribution < 1.29 is 4.74 Å². The predicted octanol–water partition coefficient (Wildman–Crippen LogP) is 3.24. The normalized spacial score (nSPS) is 20.6. The zero-order chi connectivity index (χ0) is 10.8. The minimum absolute atomic E-state index is 0.353. The van der Waals surface area contributed by atoms with E-state index in [1.807, 2.05) is 12.6 Å². The van der Waals surface area contributed by atoms with Crippen LogP contribution in [0.2, 0.25) is 10.0 Å². The van der Waals surface area contributed by atoms with Gasteiger partial charge in [-0.25, -0.2) is 0 Å². The molecule has 1 aliphatic rings. The molecule has 15 heavy (non-hydrogen) atoms. The lowest BCUT2D eigenvalue weighted by molar-refractivity contribution is 0.406. The summed E-state index contributed by atoms with van der Waals surface area (Å²) in [5.41, 5.74) is 1.01. The van der Waals surface area contributed by atoms with Gasteiger partial charge in [0, 0.05) is 24.6 Å². The molecule has 1 N–H and O–H groups in total. The molecule has 2 rings (SSSR count). The molecule has 1 saturated heterocycles. The summed E-state index contributed by atoms with van der Waals surface area (Å²) in [4.78, 5) is 0. The van der Waals surface area contributed by atoms with Gasteiger partial charge < -0.3 is 10.1 Å². The van der Waals surface area contributed by atoms with Gasteiger partial charge in [-0.15, -0.1) is 0 Å². The van der Waals surface area contributed by atoms with E-state index in [1.54, 1.807) is 13.2 Å². The Morgan fingerprint density at radius 3 is 2.80 bits per heavy atom. The van der Waals surface area contributed by atoms with Crippen molar-refractivity contribution in [3.05, 3.63) is 34.3 Å². The number of benzene rings is 1. The van der Waals surface area contributed by atoms with Crippen LogP contribution in [0.4, 0.5) is 0 Å². The van der Waals surface area contributed by atoms with Crippen molar-refractivity contribution in [2.75, 3.05) is 13.7 Å². The van der Waals surface area contributed by atoms with Crippen LogP contribution in [0, 0.1) is 6.54 Å². The largest absolute Gasteiger partial charge is 0.496 e. The molecular formula is C11H12Cl2NO. The summed E-state index contributed by atoms with van der Waals surface area (Å²) in [6.07, 6.45) is 0.955. The molecule has 1 aromatic rings. The monoisotopic (exact) mass is 244 g/mol. The van der Waals surface area contributed by atoms with E-state index in [4.69, 9.17) is 27.9 Å². The van der Waals surface area contributed by atoms with E-state index < -0.39 is 0 Å². The molecule has 0 aliphatic carbocycles. The van der Waals surface area contributed by atoms with E-state index in [2.05, 4.69) is 5.32 Å². The van der Waals surface area contributed by atoms with Gasteiger partial charge >= 0.3 is 0 Å². The standard InChI is InChI=1S/C11H12Cl2NO/c1-15-9-3-2-8(12)11(13)10(9)7-4-5-14-6-7/h2-3,5,7,14H,4,6H2,1H3/t7-/m0/s1. The summed E-state index contributed by atoms with van der Waals surface area (Å²) in [5.74, 6) is 1.16. The lowest BCUT2D eigenvalue weighted by Gasteiger charge is -2.16. The highest BCUT2D eigenvalue weighted by molar-refractivity contribution is 6.42. The van der Waals surface area contributed by atoms with E-state index in [0.717, 1.165) is 24.3 Å². The first-order chi connectivity index (χ1) is 7.24. The Kier molecular flexibility index (Phi) is 3.39. The molecule has 1 heterocycles. The van der Waals surface area contributed by atoms with Crippen LogP contribution >= 0.6 is 23.2 Å². The first-order valence-electron chi connectivity index (χ1n) is 4.81. The van der Waals surface area contributed by atoms with Crippen LogP contribution in [-0.2, 0) is 0 Å². The summed E-state index contributed by atoms with van der Waals surface area (Å²) in [5, 5.41) is 4.38. The number of rotatable bonds is 2. The van der Waals surface area contributed by atoms with E-state index in [1.165, 1.54) is 0 Å². The molecule has 4 heteroatoms. The summed E-state index contributed by atoms with van der Waals surface area (Å²) < 4.78 is 5.31. The summed E-state index contributed by atoms with van der Waals surface area (Å²) >= 11 is 12.2. The molecule has 0 aromatic heterocycles. The lowest BCUT2D eigenvalue weighted by atomic mass is 9.97. The Labute approximate surface area is 99.5 Å². The average molecular weight is 245 g/mol. The summed E-state index contributed by atoms with van der Waals surface area (Å²) in [6.45, 7) is 2.93. The van der Waals surface area contributed by atoms with Gasteiger partial charge in [0.05, 0.1) is 17.2 Å². The number of ether oxygens (including phenoxy) is 1. The Balaban J connectivity index is 2.45. The van der Waals surface area contributed by atoms with Gasteiger partial charge in [-0.1, -0.05) is 23.2 Å². The predicted molar refractivity (Wildman–Crippen MR) is 62.7 cm³/mol. The minimum atomic E-state index is 0.353. The molecule has 0 amide bonds. The van der Waals surface area contributed by atoms with Crippen LogP contribution in [0.5, 0.6) is 5.75 Å². The molecule has 1 aliphatic heterocycles. The van der Waals surface area contributed by atoms with Crippen LogP contribution in [0.15, 0.2) is 12.1 Å². The van der Waals surface area contributed by atoms with Crippen molar-refractivity contribution in [1.82, 2.24) is 5.32 Å². The fourth-order valence-corrected chi connectivity index (χ4v) is 2.34. The van der Waals surface area contributed by atoms with Crippen molar-refractivity contribution >= 4 is 23.2 Å². The molecule has 2 nitrogen and oxygen atoms in total. The first-order valence-corrected chi connectivity index (χ1v) is 5.56. The molecular weight excluding hydrogens is 233 g/mol. The van der Waals surface area contributed by atoms with E-state index in [-0.39, 0.29) is 0 Å². The first kappa shape index (κ1) is 11.1. The van der Waals surface area contributed by atoms with Gasteiger partial charge in [0.25, 0.3) is 0 Å². The zero-order valence-electron chi connectivity index (χ0n) is 8.39. The molecule has 1 fully saturated rings. The van der Waals surface area contributed by atoms with E-state index in [0.29, 0.717) is 16.0 Å². The maximum absolute atomic E-state index is 6.20. The van der Waals surface area contributed by atoms with Crippen LogP contribution in [0.25, 0.3) is 0 Å². The molecule has 0 bridgehead atoms. The third-order valence-electron chi connectivity index (χ3n) is 2.63. The molecule has 81 valence electrons. The Hall–Kier alpha value is -0.440. The number of hydrogen-bond acceptors (Lipinski definition) is 2. The average Bonchev–Trinajstić information content (AvgIpc) is 2.75. The van der Waals surface area contributed by atoms with Crippen molar-refractivity contribution in [1.29, 1.82) is 0 Å². The Morgan fingerprint density at radius 2 is 2.20 bits per heavy atom. The zero-order valence-corrected chi connectivity index (χ0v) is 9.90. The topological polar surface area (TPSA) is 21.3 Å². The second-order valence-electron chi connectivity index (χ2n) is 3.52. The fourth-order valence-electron chi connectivity index (χ4n) is 1.86. The second kappa shape index (κ2) is 4.60. The number of halogens is 2. The van der Waals surface area contributed by atoms with Crippen molar-refractivity contribution in [2.45, 2.75) is 12.3 Å². The van der Waals surface area contributed by atoms with Crippen molar-refractivity contribution in [3.63, 3.8) is 0 Å². The molecule has 1 atom stereocenters. The maximum atomic E-state index is 6.20. The van der Waals surface area contributed by atoms with Gasteiger partial charge in [0.2, 0.25) is 0 Å². The fraction of sp³-hybridized carbons (Fsp3) is 0.364. The third-order valence-corrected chi connectivity index (χ3v) is 3.45. The quantitative estimate of drug-likeness (QED) is 0.863. The minimum Gasteiger partial charge on any atom is -0.496 e. The number of methoxy groups -OCH3 is 1. The molecule has 1 aromatic carbocycles. The van der Waals surface area contributed by atoms with E-state index >= 15 is 0 Å². The second-order valence-corrected chi connectivity index (χ2v) is 4.31. The van der Waals surface area contributed by atoms with Crippen LogP contribution in [-0.4, -0.2) is 13.7 Å². The SMILES string of the molecule is COc1ccc(Cl)c(Cl)c1[C@H]1C[CH]NC1. The summed E-state index contributed by atoms with van der Waals surface area (Å²) in [7, 11) is 1.65. The highest BCUT2D eigenvalue weighted by atomic mass is 35.5. The van der Waals surface area contributed by atoms with Crippen molar-refractivity contribution in [3.8, 4) is 5.75 Å². The lowest BCUT2D eigenvalue weighted by Crippen LogP contribution is -2.08. The number of nitrogens with one attached hydrogen (secondary N) is 1. The Bertz CT molecular complexity index is 362. The van der Waals surface area contributed by atoms with Gasteiger partial charge in [-0.3, -0.25) is 0 Å². The Morgan fingerprint density at radius 1 is 1.40 bits per heavy atom. The molecule has 1 radical (unpaired) electrons. The smallest absolute Gasteiger partial charge is 0.123 e. The molecule has 0 spiro atoms. The van der Waals surface area contributed by atoms with Gasteiger partial charge in [-0.2, -0.15) is 0 Å². The van der Waals surface area contributed by atoms with Gasteiger partial charge in [-0.05, 0) is 18.6 Å². The third kappa shape index (κ3) is 2.07. The van der Waals surface area contributed by atoms with Gasteiger partial charge in [0.15, 0.2) is 0 Å². The van der Waals surface area contributed by atoms with Crippen LogP contribution in [0.3, 0.4) is 0 Å². The van der Waals surface area contributed by atoms with Crippen LogP contribution in [0.1, 0.15) is 17.9 Å². The van der Waals surface area contributed by atoms with Gasteiger partial charge in [0.1, 0.15) is 5.75 Å². The highest BCUT2D eigenvalue weighted by Crippen LogP contribution is 2.40. The summed E-state index contributed by atoms with van der Waals surface area (Å²) in [6, 6.07) is 3.63. The molecule has 0 saturated carbocycles. The molecule has 0 unspecified atom stereocenters. The highest BCUT2D eigenvalue weighted by Gasteiger charge is 2.24. The van der Waals surface area contributed by atoms with Crippen LogP contribution < -0.4 is 10.1 Å². The van der Waals surface area contributed by atoms with E-state index in [9.17, 15) is 0 Å². The maximum Gasteiger partial charge on any atom is 0.123 e. The van der Waals surface area contributed by atoms with Crippen molar-refractivity contribution in [2.24, 2.45) is 0 Å².